The molecule has 0 radical (unpaired) electrons. The van der Waals surface area contributed by atoms with Crippen LogP contribution in [0.5, 0.6) is 5.75 Å². The van der Waals surface area contributed by atoms with Gasteiger partial charge in [-0.15, -0.1) is 11.3 Å². The molecular weight excluding hydrogens is 500 g/mol. The molecule has 0 saturated heterocycles. The molecule has 0 bridgehead atoms. The zero-order valence-corrected chi connectivity index (χ0v) is 22.5. The Kier molecular flexibility index (Phi) is 7.44. The second-order valence-electron chi connectivity index (χ2n) is 9.76. The molecule has 2 aromatic heterocycles. The molecule has 4 aromatic rings. The second kappa shape index (κ2) is 10.9. The summed E-state index contributed by atoms with van der Waals surface area (Å²) in [4.78, 5) is 30.3. The van der Waals surface area contributed by atoms with Crippen LogP contribution in [0.3, 0.4) is 0 Å². The van der Waals surface area contributed by atoms with Crippen LogP contribution in [0.15, 0.2) is 65.7 Å². The minimum Gasteiger partial charge on any atom is -0.493 e. The van der Waals surface area contributed by atoms with E-state index in [1.54, 1.807) is 18.4 Å². The van der Waals surface area contributed by atoms with Crippen molar-refractivity contribution in [3.05, 3.63) is 82.3 Å². The molecule has 1 unspecified atom stereocenters. The van der Waals surface area contributed by atoms with Crippen molar-refractivity contribution >= 4 is 17.3 Å². The third-order valence-electron chi connectivity index (χ3n) is 6.89. The number of hydrogen-bond acceptors (Lipinski definition) is 6. The van der Waals surface area contributed by atoms with E-state index in [1.807, 2.05) is 35.0 Å². The van der Waals surface area contributed by atoms with E-state index >= 15 is 0 Å². The van der Waals surface area contributed by atoms with Gasteiger partial charge in [0.1, 0.15) is 16.3 Å². The number of methoxy groups -OCH3 is 1. The maximum absolute atomic E-state index is 12.8. The number of rotatable bonds is 9. The van der Waals surface area contributed by atoms with Crippen molar-refractivity contribution < 1.29 is 19.4 Å². The number of carboxylic acid groups (broad SMARTS) is 1. The molecule has 1 aliphatic rings. The van der Waals surface area contributed by atoms with Crippen LogP contribution in [0.1, 0.15) is 42.2 Å². The van der Waals surface area contributed by atoms with E-state index in [1.165, 1.54) is 12.3 Å². The van der Waals surface area contributed by atoms with Gasteiger partial charge in [-0.25, -0.2) is 9.78 Å². The lowest BCUT2D eigenvalue weighted by Crippen LogP contribution is -2.28. The fraction of sp³-hybridized carbons (Fsp3) is 0.300. The predicted molar refractivity (Wildman–Crippen MR) is 149 cm³/mol. The number of carbonyl (C=O) groups is 1. The van der Waals surface area contributed by atoms with Crippen molar-refractivity contribution in [2.24, 2.45) is 5.92 Å². The highest BCUT2D eigenvalue weighted by atomic mass is 32.1. The summed E-state index contributed by atoms with van der Waals surface area (Å²) in [7, 11) is 1.67. The Labute approximate surface area is 225 Å². The molecule has 1 atom stereocenters. The first-order valence-corrected chi connectivity index (χ1v) is 13.5. The van der Waals surface area contributed by atoms with E-state index in [2.05, 4.69) is 32.0 Å². The van der Waals surface area contributed by atoms with Crippen LogP contribution in [0.4, 0.5) is 0 Å². The lowest BCUT2D eigenvalue weighted by molar-refractivity contribution is 0.0694. The Morgan fingerprint density at radius 1 is 1.16 bits per heavy atom. The first kappa shape index (κ1) is 25.9. The minimum absolute atomic E-state index is 0.00735. The molecule has 0 fully saturated rings. The second-order valence-corrected chi connectivity index (χ2v) is 10.8. The van der Waals surface area contributed by atoms with Gasteiger partial charge >= 0.3 is 5.97 Å². The molecular formula is C30H30N2O5S. The highest BCUT2D eigenvalue weighted by molar-refractivity contribution is 7.18. The Morgan fingerprint density at radius 3 is 2.66 bits per heavy atom. The first-order valence-electron chi connectivity index (χ1n) is 12.7. The summed E-state index contributed by atoms with van der Waals surface area (Å²) in [5, 5.41) is 10.4. The SMILES string of the molecule is COCCCOc1cc2c(cc1-c1ncc(-c3ccccc3)s1)-c1cc(=O)c(C(=O)O)cn1C(C(C)C)C2. The highest BCUT2D eigenvalue weighted by Gasteiger charge is 2.29. The Morgan fingerprint density at radius 2 is 1.95 bits per heavy atom. The van der Waals surface area contributed by atoms with Gasteiger partial charge in [0.2, 0.25) is 0 Å². The van der Waals surface area contributed by atoms with Crippen LogP contribution in [-0.2, 0) is 11.2 Å². The molecule has 5 rings (SSSR count). The number of pyridine rings is 1. The largest absolute Gasteiger partial charge is 0.493 e. The standard InChI is InChI=1S/C30H30N2O5S/c1-18(2)24-12-20-13-27(37-11-7-10-36-3)22(29-31-16-28(38-29)19-8-5-4-6-9-19)14-21(20)25-15-26(33)23(30(34)35)17-32(24)25/h4-6,8-9,13-18,24H,7,10-12H2,1-3H3,(H,34,35). The molecule has 0 aliphatic carbocycles. The van der Waals surface area contributed by atoms with Gasteiger partial charge in [0.05, 0.1) is 22.7 Å². The zero-order valence-electron chi connectivity index (χ0n) is 21.6. The minimum atomic E-state index is -1.21. The van der Waals surface area contributed by atoms with Crippen molar-refractivity contribution in [3.63, 3.8) is 0 Å². The van der Waals surface area contributed by atoms with Gasteiger partial charge in [-0.2, -0.15) is 0 Å². The summed E-state index contributed by atoms with van der Waals surface area (Å²) in [6.07, 6.45) is 4.82. The number of carboxylic acids is 1. The topological polar surface area (TPSA) is 90.7 Å². The summed E-state index contributed by atoms with van der Waals surface area (Å²) >= 11 is 1.58. The van der Waals surface area contributed by atoms with Crippen LogP contribution in [0.25, 0.3) is 32.3 Å². The summed E-state index contributed by atoms with van der Waals surface area (Å²) in [5.41, 5.74) is 3.90. The van der Waals surface area contributed by atoms with Crippen LogP contribution < -0.4 is 10.2 Å². The van der Waals surface area contributed by atoms with E-state index in [4.69, 9.17) is 14.5 Å². The molecule has 1 N–H and O–H groups in total. The predicted octanol–water partition coefficient (Wildman–Crippen LogP) is 6.17. The van der Waals surface area contributed by atoms with Crippen molar-refractivity contribution in [2.45, 2.75) is 32.7 Å². The molecule has 38 heavy (non-hydrogen) atoms. The summed E-state index contributed by atoms with van der Waals surface area (Å²) in [6.45, 7) is 5.32. The van der Waals surface area contributed by atoms with Gasteiger partial charge in [-0.05, 0) is 35.6 Å². The van der Waals surface area contributed by atoms with Gasteiger partial charge in [-0.3, -0.25) is 4.79 Å². The molecule has 0 amide bonds. The molecule has 196 valence electrons. The van der Waals surface area contributed by atoms with E-state index < -0.39 is 11.4 Å². The number of aromatic carboxylic acids is 1. The summed E-state index contributed by atoms with van der Waals surface area (Å²) < 4.78 is 13.4. The molecule has 0 spiro atoms. The van der Waals surface area contributed by atoms with Crippen LogP contribution in [0.2, 0.25) is 0 Å². The molecule has 8 heteroatoms. The summed E-state index contributed by atoms with van der Waals surface area (Å²) in [6, 6.07) is 15.7. The van der Waals surface area contributed by atoms with Crippen molar-refractivity contribution in [2.75, 3.05) is 20.3 Å². The molecule has 2 aromatic carbocycles. The van der Waals surface area contributed by atoms with Crippen LogP contribution in [0, 0.1) is 5.92 Å². The molecule has 0 saturated carbocycles. The van der Waals surface area contributed by atoms with Crippen LogP contribution >= 0.6 is 11.3 Å². The monoisotopic (exact) mass is 530 g/mol. The normalized spacial score (nSPS) is 14.3. The third-order valence-corrected chi connectivity index (χ3v) is 7.97. The number of benzene rings is 2. The average molecular weight is 531 g/mol. The Balaban J connectivity index is 1.66. The van der Waals surface area contributed by atoms with Crippen molar-refractivity contribution in [3.8, 4) is 38.0 Å². The van der Waals surface area contributed by atoms with Crippen molar-refractivity contribution in [1.29, 1.82) is 0 Å². The van der Waals surface area contributed by atoms with E-state index in [9.17, 15) is 14.7 Å². The number of fused-ring (bicyclic) bond motifs is 3. The third kappa shape index (κ3) is 5.01. The lowest BCUT2D eigenvalue weighted by Gasteiger charge is -2.34. The van der Waals surface area contributed by atoms with E-state index in [0.717, 1.165) is 44.3 Å². The number of nitrogens with zero attached hydrogens (tertiary/aromatic N) is 2. The maximum atomic E-state index is 12.8. The quantitative estimate of drug-likeness (QED) is 0.260. The van der Waals surface area contributed by atoms with Gasteiger partial charge in [-0.1, -0.05) is 44.2 Å². The fourth-order valence-corrected chi connectivity index (χ4v) is 5.86. The summed E-state index contributed by atoms with van der Waals surface area (Å²) in [5.74, 6) is -0.242. The molecule has 7 nitrogen and oxygen atoms in total. The maximum Gasteiger partial charge on any atom is 0.341 e. The fourth-order valence-electron chi connectivity index (χ4n) is 4.92. The van der Waals surface area contributed by atoms with Gasteiger partial charge in [0, 0.05) is 50.2 Å². The Bertz CT molecular complexity index is 1520. The first-order chi connectivity index (χ1) is 18.4. The van der Waals surface area contributed by atoms with Gasteiger partial charge in [0.25, 0.3) is 0 Å². The smallest absolute Gasteiger partial charge is 0.341 e. The number of thiazole rings is 1. The molecule has 3 heterocycles. The van der Waals surface area contributed by atoms with E-state index in [-0.39, 0.29) is 17.5 Å². The number of aromatic nitrogens is 2. The Hall–Kier alpha value is -3.75. The van der Waals surface area contributed by atoms with Gasteiger partial charge in [0.15, 0.2) is 5.43 Å². The average Bonchev–Trinajstić information content (AvgIpc) is 3.40. The van der Waals surface area contributed by atoms with Crippen LogP contribution in [-0.4, -0.2) is 41.0 Å². The van der Waals surface area contributed by atoms with E-state index in [0.29, 0.717) is 25.3 Å². The van der Waals surface area contributed by atoms with Crippen molar-refractivity contribution in [1.82, 2.24) is 9.55 Å². The number of hydrogen-bond donors (Lipinski definition) is 1. The zero-order chi connectivity index (χ0) is 26.8. The highest BCUT2D eigenvalue weighted by Crippen LogP contribution is 2.44. The lowest BCUT2D eigenvalue weighted by atomic mass is 9.86. The molecule has 1 aliphatic heterocycles. The number of ether oxygens (including phenoxy) is 2. The van der Waals surface area contributed by atoms with Gasteiger partial charge < -0.3 is 19.1 Å².